The van der Waals surface area contributed by atoms with E-state index in [1.807, 2.05) is 19.1 Å². The molecule has 0 spiro atoms. The predicted octanol–water partition coefficient (Wildman–Crippen LogP) is 2.09. The number of hydrogen-bond acceptors (Lipinski definition) is 2. The van der Waals surface area contributed by atoms with E-state index in [4.69, 9.17) is 4.42 Å². The zero-order valence-electron chi connectivity index (χ0n) is 7.35. The molecule has 0 radical (unpaired) electrons. The van der Waals surface area contributed by atoms with Crippen LogP contribution in [0.1, 0.15) is 25.4 Å². The van der Waals surface area contributed by atoms with Crippen molar-refractivity contribution in [1.82, 2.24) is 5.32 Å². The second kappa shape index (κ2) is 3.58. The summed E-state index contributed by atoms with van der Waals surface area (Å²) in [7, 11) is 0. The molecule has 0 atom stereocenters. The summed E-state index contributed by atoms with van der Waals surface area (Å²) >= 11 is 0. The number of nitrogens with one attached hydrogen (secondary N) is 1. The largest absolute Gasteiger partial charge is 0.465 e. The first kappa shape index (κ1) is 8.34. The summed E-state index contributed by atoms with van der Waals surface area (Å²) in [5.74, 6) is 1.99. The number of furan rings is 1. The molecule has 0 aliphatic carbocycles. The van der Waals surface area contributed by atoms with Crippen molar-refractivity contribution in [2.24, 2.45) is 0 Å². The minimum atomic E-state index is 0.514. The van der Waals surface area contributed by atoms with Gasteiger partial charge in [0, 0.05) is 6.04 Å². The van der Waals surface area contributed by atoms with Gasteiger partial charge < -0.3 is 9.73 Å². The normalized spacial score (nSPS) is 10.9. The van der Waals surface area contributed by atoms with Gasteiger partial charge in [0.2, 0.25) is 0 Å². The van der Waals surface area contributed by atoms with E-state index in [1.165, 1.54) is 0 Å². The molecule has 0 fully saturated rings. The monoisotopic (exact) mass is 153 g/mol. The van der Waals surface area contributed by atoms with Crippen molar-refractivity contribution in [1.29, 1.82) is 0 Å². The SMILES string of the molecule is Cc1ccc(CNC(C)C)o1. The Hall–Kier alpha value is -0.760. The molecule has 1 heterocycles. The second-order valence-corrected chi connectivity index (χ2v) is 3.05. The van der Waals surface area contributed by atoms with Crippen molar-refractivity contribution in [2.45, 2.75) is 33.4 Å². The van der Waals surface area contributed by atoms with Gasteiger partial charge in [0.15, 0.2) is 0 Å². The molecule has 0 amide bonds. The van der Waals surface area contributed by atoms with Crippen LogP contribution in [0.4, 0.5) is 0 Å². The van der Waals surface area contributed by atoms with Crippen molar-refractivity contribution in [2.75, 3.05) is 0 Å². The smallest absolute Gasteiger partial charge is 0.117 e. The Morgan fingerprint density at radius 3 is 2.64 bits per heavy atom. The number of hydrogen-bond donors (Lipinski definition) is 1. The molecule has 0 bridgehead atoms. The Bertz CT molecular complexity index is 215. The molecule has 1 aromatic heterocycles. The Morgan fingerprint density at radius 2 is 2.18 bits per heavy atom. The molecule has 1 aromatic rings. The molecular formula is C9H15NO. The van der Waals surface area contributed by atoms with Crippen LogP contribution >= 0.6 is 0 Å². The van der Waals surface area contributed by atoms with E-state index in [2.05, 4.69) is 19.2 Å². The summed E-state index contributed by atoms with van der Waals surface area (Å²) in [6.07, 6.45) is 0. The number of rotatable bonds is 3. The molecule has 62 valence electrons. The highest BCUT2D eigenvalue weighted by Crippen LogP contribution is 2.05. The number of aryl methyl sites for hydroxylation is 1. The van der Waals surface area contributed by atoms with Crippen LogP contribution < -0.4 is 5.32 Å². The van der Waals surface area contributed by atoms with Gasteiger partial charge in [0.05, 0.1) is 6.54 Å². The lowest BCUT2D eigenvalue weighted by Crippen LogP contribution is -2.21. The van der Waals surface area contributed by atoms with Gasteiger partial charge in [-0.3, -0.25) is 0 Å². The molecule has 0 aromatic carbocycles. The maximum Gasteiger partial charge on any atom is 0.117 e. The Balaban J connectivity index is 2.39. The van der Waals surface area contributed by atoms with Gasteiger partial charge in [-0.25, -0.2) is 0 Å². The minimum Gasteiger partial charge on any atom is -0.465 e. The first-order valence-corrected chi connectivity index (χ1v) is 3.97. The summed E-state index contributed by atoms with van der Waals surface area (Å²) in [5, 5.41) is 3.28. The highest BCUT2D eigenvalue weighted by atomic mass is 16.3. The zero-order valence-corrected chi connectivity index (χ0v) is 7.35. The Morgan fingerprint density at radius 1 is 1.45 bits per heavy atom. The summed E-state index contributed by atoms with van der Waals surface area (Å²) in [6.45, 7) is 7.02. The zero-order chi connectivity index (χ0) is 8.27. The standard InChI is InChI=1S/C9H15NO/c1-7(2)10-6-9-5-4-8(3)11-9/h4-5,7,10H,6H2,1-3H3. The molecule has 2 heteroatoms. The molecule has 0 unspecified atom stereocenters. The lowest BCUT2D eigenvalue weighted by molar-refractivity contribution is 0.448. The fraction of sp³-hybridized carbons (Fsp3) is 0.556. The minimum absolute atomic E-state index is 0.514. The average molecular weight is 153 g/mol. The fourth-order valence-corrected chi connectivity index (χ4v) is 0.885. The summed E-state index contributed by atoms with van der Waals surface area (Å²) < 4.78 is 5.37. The summed E-state index contributed by atoms with van der Waals surface area (Å²) in [6, 6.07) is 4.50. The first-order chi connectivity index (χ1) is 5.18. The summed E-state index contributed by atoms with van der Waals surface area (Å²) in [5.41, 5.74) is 0. The van der Waals surface area contributed by atoms with Gasteiger partial charge in [-0.15, -0.1) is 0 Å². The third-order valence-electron chi connectivity index (χ3n) is 1.48. The second-order valence-electron chi connectivity index (χ2n) is 3.05. The van der Waals surface area contributed by atoms with E-state index in [-0.39, 0.29) is 0 Å². The first-order valence-electron chi connectivity index (χ1n) is 3.97. The van der Waals surface area contributed by atoms with Crippen molar-refractivity contribution in [3.63, 3.8) is 0 Å². The molecule has 1 N–H and O–H groups in total. The highest BCUT2D eigenvalue weighted by Gasteiger charge is 1.98. The fourth-order valence-electron chi connectivity index (χ4n) is 0.885. The van der Waals surface area contributed by atoms with Gasteiger partial charge in [0.25, 0.3) is 0 Å². The van der Waals surface area contributed by atoms with Crippen molar-refractivity contribution in [3.05, 3.63) is 23.7 Å². The van der Waals surface area contributed by atoms with Crippen LogP contribution in [0.5, 0.6) is 0 Å². The molecule has 0 saturated carbocycles. The van der Waals surface area contributed by atoms with Crippen LogP contribution in [-0.2, 0) is 6.54 Å². The predicted molar refractivity (Wildman–Crippen MR) is 45.4 cm³/mol. The van der Waals surface area contributed by atoms with Crippen LogP contribution in [0, 0.1) is 6.92 Å². The highest BCUT2D eigenvalue weighted by molar-refractivity contribution is 5.05. The van der Waals surface area contributed by atoms with Crippen LogP contribution in [0.2, 0.25) is 0 Å². The third-order valence-corrected chi connectivity index (χ3v) is 1.48. The average Bonchev–Trinajstić information content (AvgIpc) is 2.31. The maximum absolute atomic E-state index is 5.37. The van der Waals surface area contributed by atoms with Gasteiger partial charge in [-0.2, -0.15) is 0 Å². The van der Waals surface area contributed by atoms with Gasteiger partial charge in [0.1, 0.15) is 11.5 Å². The van der Waals surface area contributed by atoms with E-state index in [0.29, 0.717) is 6.04 Å². The van der Waals surface area contributed by atoms with Crippen molar-refractivity contribution >= 4 is 0 Å². The molecule has 0 aliphatic rings. The molecule has 2 nitrogen and oxygen atoms in total. The van der Waals surface area contributed by atoms with E-state index < -0.39 is 0 Å². The molecule has 1 rings (SSSR count). The lowest BCUT2D eigenvalue weighted by Gasteiger charge is -2.04. The van der Waals surface area contributed by atoms with Gasteiger partial charge in [-0.05, 0) is 19.1 Å². The quantitative estimate of drug-likeness (QED) is 0.719. The third kappa shape index (κ3) is 2.76. The van der Waals surface area contributed by atoms with Gasteiger partial charge >= 0.3 is 0 Å². The van der Waals surface area contributed by atoms with E-state index in [9.17, 15) is 0 Å². The topological polar surface area (TPSA) is 25.2 Å². The molecular weight excluding hydrogens is 138 g/mol. The van der Waals surface area contributed by atoms with Crippen LogP contribution in [-0.4, -0.2) is 6.04 Å². The molecule has 0 aliphatic heterocycles. The molecule has 11 heavy (non-hydrogen) atoms. The summed E-state index contributed by atoms with van der Waals surface area (Å²) in [4.78, 5) is 0. The van der Waals surface area contributed by atoms with Crippen LogP contribution in [0.25, 0.3) is 0 Å². The maximum atomic E-state index is 5.37. The van der Waals surface area contributed by atoms with E-state index >= 15 is 0 Å². The van der Waals surface area contributed by atoms with Crippen LogP contribution in [0.15, 0.2) is 16.5 Å². The Labute approximate surface area is 67.6 Å². The van der Waals surface area contributed by atoms with Gasteiger partial charge in [-0.1, -0.05) is 13.8 Å². The van der Waals surface area contributed by atoms with Crippen LogP contribution in [0.3, 0.4) is 0 Å². The van der Waals surface area contributed by atoms with E-state index in [0.717, 1.165) is 18.1 Å². The van der Waals surface area contributed by atoms with Crippen molar-refractivity contribution < 1.29 is 4.42 Å². The van der Waals surface area contributed by atoms with E-state index in [1.54, 1.807) is 0 Å². The van der Waals surface area contributed by atoms with Crippen molar-refractivity contribution in [3.8, 4) is 0 Å². The Kier molecular flexibility index (Phi) is 2.71. The molecule has 0 saturated heterocycles. The lowest BCUT2D eigenvalue weighted by atomic mass is 10.3.